The number of carbonyl (C=O) groups is 2. The van der Waals surface area contributed by atoms with Gasteiger partial charge in [0.2, 0.25) is 0 Å². The summed E-state index contributed by atoms with van der Waals surface area (Å²) in [6.45, 7) is 4.04. The molecule has 162 valence electrons. The second-order valence-corrected chi connectivity index (χ2v) is 8.66. The van der Waals surface area contributed by atoms with Crippen molar-refractivity contribution in [2.75, 3.05) is 0 Å². The fraction of sp³-hybridized carbons (Fsp3) is 0.167. The van der Waals surface area contributed by atoms with E-state index in [9.17, 15) is 9.59 Å². The largest absolute Gasteiger partial charge is 0.345 e. The van der Waals surface area contributed by atoms with Gasteiger partial charge in [0.15, 0.2) is 11.6 Å². The highest BCUT2D eigenvalue weighted by atomic mass is 35.5. The van der Waals surface area contributed by atoms with Crippen LogP contribution in [0.4, 0.5) is 0 Å². The topological polar surface area (TPSA) is 76.9 Å². The first-order valence-electron chi connectivity index (χ1n) is 10.2. The SMILES string of the molecule is CCc1cc(C(=O)c2ccccc2Cl)c(-n2c(C)nnc2CNC(=O)c2ccccc2)s1. The van der Waals surface area contributed by atoms with Gasteiger partial charge < -0.3 is 5.32 Å². The smallest absolute Gasteiger partial charge is 0.251 e. The molecule has 2 heterocycles. The fourth-order valence-electron chi connectivity index (χ4n) is 3.36. The molecule has 0 aliphatic rings. The number of rotatable bonds is 7. The zero-order chi connectivity index (χ0) is 22.7. The second kappa shape index (κ2) is 9.46. The van der Waals surface area contributed by atoms with E-state index in [0.717, 1.165) is 16.3 Å². The molecule has 1 N–H and O–H groups in total. The maximum atomic E-state index is 13.4. The number of nitrogens with zero attached hydrogens (tertiary/aromatic N) is 3. The highest BCUT2D eigenvalue weighted by Crippen LogP contribution is 2.32. The van der Waals surface area contributed by atoms with Crippen LogP contribution in [0.1, 0.15) is 49.7 Å². The molecule has 6 nitrogen and oxygen atoms in total. The molecule has 1 amide bonds. The first-order chi connectivity index (χ1) is 15.5. The van der Waals surface area contributed by atoms with Crippen molar-refractivity contribution < 1.29 is 9.59 Å². The summed E-state index contributed by atoms with van der Waals surface area (Å²) in [5.41, 5.74) is 1.55. The Hall–Kier alpha value is -3.29. The lowest BCUT2D eigenvalue weighted by Crippen LogP contribution is -2.24. The fourth-order valence-corrected chi connectivity index (χ4v) is 4.74. The first-order valence-corrected chi connectivity index (χ1v) is 11.4. The normalized spacial score (nSPS) is 10.8. The van der Waals surface area contributed by atoms with Crippen LogP contribution in [0.3, 0.4) is 0 Å². The lowest BCUT2D eigenvalue weighted by molar-refractivity contribution is 0.0948. The average molecular weight is 465 g/mol. The van der Waals surface area contributed by atoms with Gasteiger partial charge in [-0.1, -0.05) is 48.9 Å². The van der Waals surface area contributed by atoms with Crippen LogP contribution in [0.25, 0.3) is 5.00 Å². The summed E-state index contributed by atoms with van der Waals surface area (Å²) in [4.78, 5) is 26.9. The number of aromatic nitrogens is 3. The molecule has 0 saturated heterocycles. The number of halogens is 1. The van der Waals surface area contributed by atoms with E-state index < -0.39 is 0 Å². The van der Waals surface area contributed by atoms with Crippen molar-refractivity contribution in [3.63, 3.8) is 0 Å². The van der Waals surface area contributed by atoms with Crippen molar-refractivity contribution in [2.45, 2.75) is 26.8 Å². The molecule has 0 saturated carbocycles. The van der Waals surface area contributed by atoms with Gasteiger partial charge in [0.25, 0.3) is 5.91 Å². The maximum absolute atomic E-state index is 13.4. The summed E-state index contributed by atoms with van der Waals surface area (Å²) in [5, 5.41) is 12.5. The van der Waals surface area contributed by atoms with E-state index in [2.05, 4.69) is 15.5 Å². The minimum atomic E-state index is -0.203. The van der Waals surface area contributed by atoms with Crippen molar-refractivity contribution in [1.29, 1.82) is 0 Å². The number of nitrogens with one attached hydrogen (secondary N) is 1. The molecule has 0 radical (unpaired) electrons. The molecule has 0 unspecified atom stereocenters. The van der Waals surface area contributed by atoms with Crippen molar-refractivity contribution in [1.82, 2.24) is 20.1 Å². The molecule has 0 aliphatic carbocycles. The van der Waals surface area contributed by atoms with Gasteiger partial charge in [-0.15, -0.1) is 21.5 Å². The van der Waals surface area contributed by atoms with Crippen LogP contribution in [0.5, 0.6) is 0 Å². The minimum absolute atomic E-state index is 0.158. The molecule has 0 atom stereocenters. The quantitative estimate of drug-likeness (QED) is 0.390. The van der Waals surface area contributed by atoms with Gasteiger partial charge in [-0.3, -0.25) is 14.2 Å². The molecule has 0 spiro atoms. The lowest BCUT2D eigenvalue weighted by Gasteiger charge is -2.11. The molecule has 4 rings (SSSR count). The molecule has 8 heteroatoms. The molecular weight excluding hydrogens is 444 g/mol. The van der Waals surface area contributed by atoms with E-state index in [1.807, 2.05) is 42.7 Å². The second-order valence-electron chi connectivity index (χ2n) is 7.14. The van der Waals surface area contributed by atoms with Crippen molar-refractivity contribution in [2.24, 2.45) is 0 Å². The van der Waals surface area contributed by atoms with Crippen LogP contribution in [-0.4, -0.2) is 26.5 Å². The monoisotopic (exact) mass is 464 g/mol. The van der Waals surface area contributed by atoms with E-state index in [1.54, 1.807) is 36.4 Å². The average Bonchev–Trinajstić information content (AvgIpc) is 3.40. The molecular formula is C24H21ClN4O2S. The van der Waals surface area contributed by atoms with Gasteiger partial charge >= 0.3 is 0 Å². The van der Waals surface area contributed by atoms with E-state index in [1.165, 1.54) is 11.3 Å². The summed E-state index contributed by atoms with van der Waals surface area (Å²) in [7, 11) is 0. The van der Waals surface area contributed by atoms with E-state index in [-0.39, 0.29) is 18.2 Å². The molecule has 0 bridgehead atoms. The Kier molecular flexibility index (Phi) is 6.48. The van der Waals surface area contributed by atoms with Gasteiger partial charge in [-0.05, 0) is 43.7 Å². The van der Waals surface area contributed by atoms with Crippen LogP contribution in [-0.2, 0) is 13.0 Å². The predicted octanol–water partition coefficient (Wildman–Crippen LogP) is 5.01. The third kappa shape index (κ3) is 4.35. The number of hydrogen-bond donors (Lipinski definition) is 1. The molecule has 32 heavy (non-hydrogen) atoms. The Morgan fingerprint density at radius 2 is 1.75 bits per heavy atom. The number of ketones is 1. The van der Waals surface area contributed by atoms with E-state index >= 15 is 0 Å². The Bertz CT molecular complexity index is 1280. The van der Waals surface area contributed by atoms with Crippen molar-refractivity contribution in [3.8, 4) is 5.00 Å². The van der Waals surface area contributed by atoms with Gasteiger partial charge in [0.1, 0.15) is 10.8 Å². The van der Waals surface area contributed by atoms with Crippen LogP contribution in [0.15, 0.2) is 60.7 Å². The highest BCUT2D eigenvalue weighted by molar-refractivity contribution is 7.15. The van der Waals surface area contributed by atoms with Crippen LogP contribution < -0.4 is 5.32 Å². The summed E-state index contributed by atoms with van der Waals surface area (Å²) in [5.74, 6) is 0.815. The summed E-state index contributed by atoms with van der Waals surface area (Å²) >= 11 is 7.81. The molecule has 0 fully saturated rings. The predicted molar refractivity (Wildman–Crippen MR) is 126 cm³/mol. The van der Waals surface area contributed by atoms with Crippen LogP contribution in [0.2, 0.25) is 5.02 Å². The zero-order valence-corrected chi connectivity index (χ0v) is 19.2. The van der Waals surface area contributed by atoms with Crippen LogP contribution in [0, 0.1) is 6.92 Å². The number of carbonyl (C=O) groups excluding carboxylic acids is 2. The molecule has 2 aromatic carbocycles. The summed E-state index contributed by atoms with van der Waals surface area (Å²) in [6, 6.07) is 17.9. The van der Waals surface area contributed by atoms with Gasteiger partial charge in [0.05, 0.1) is 17.1 Å². The summed E-state index contributed by atoms with van der Waals surface area (Å²) < 4.78 is 1.83. The highest BCUT2D eigenvalue weighted by Gasteiger charge is 2.24. The number of thiophene rings is 1. The van der Waals surface area contributed by atoms with Gasteiger partial charge in [-0.25, -0.2) is 0 Å². The van der Waals surface area contributed by atoms with E-state index in [0.29, 0.717) is 33.4 Å². The van der Waals surface area contributed by atoms with Crippen LogP contribution >= 0.6 is 22.9 Å². The Labute approximate surface area is 194 Å². The number of hydrogen-bond acceptors (Lipinski definition) is 5. The third-order valence-corrected chi connectivity index (χ3v) is 6.61. The minimum Gasteiger partial charge on any atom is -0.345 e. The number of benzene rings is 2. The molecule has 2 aromatic heterocycles. The Morgan fingerprint density at radius 3 is 2.47 bits per heavy atom. The van der Waals surface area contributed by atoms with Crippen molar-refractivity contribution in [3.05, 3.63) is 98.9 Å². The Balaban J connectivity index is 1.69. The van der Waals surface area contributed by atoms with Gasteiger partial charge in [0, 0.05) is 16.0 Å². The number of aryl methyl sites for hydroxylation is 2. The Morgan fingerprint density at radius 1 is 1.03 bits per heavy atom. The van der Waals surface area contributed by atoms with Gasteiger partial charge in [-0.2, -0.15) is 0 Å². The lowest BCUT2D eigenvalue weighted by atomic mass is 10.0. The standard InChI is InChI=1S/C24H21ClN4O2S/c1-3-17-13-19(22(30)18-11-7-8-12-20(18)25)24(32-17)29-15(2)27-28-21(29)14-26-23(31)16-9-5-4-6-10-16/h4-13H,3,14H2,1-2H3,(H,26,31). The maximum Gasteiger partial charge on any atom is 0.251 e. The molecule has 4 aromatic rings. The first kappa shape index (κ1) is 21.9. The van der Waals surface area contributed by atoms with Crippen molar-refractivity contribution >= 4 is 34.6 Å². The van der Waals surface area contributed by atoms with E-state index in [4.69, 9.17) is 11.6 Å². The molecule has 0 aliphatic heterocycles. The summed E-state index contributed by atoms with van der Waals surface area (Å²) in [6.07, 6.45) is 0.786. The zero-order valence-electron chi connectivity index (χ0n) is 17.6. The third-order valence-electron chi connectivity index (χ3n) is 5.01. The number of amides is 1.